The van der Waals surface area contributed by atoms with Crippen molar-refractivity contribution in [1.82, 2.24) is 4.90 Å². The van der Waals surface area contributed by atoms with Gasteiger partial charge in [0, 0.05) is 33.4 Å². The number of amides is 1. The number of nitrogen functional groups attached to an aromatic ring is 1. The van der Waals surface area contributed by atoms with Gasteiger partial charge in [0.25, 0.3) is 5.91 Å². The summed E-state index contributed by atoms with van der Waals surface area (Å²) >= 11 is 0. The number of ether oxygens (including phenoxy) is 1. The first-order valence-electron chi connectivity index (χ1n) is 5.46. The molecule has 4 nitrogen and oxygen atoms in total. The molecule has 0 heterocycles. The van der Waals surface area contributed by atoms with Crippen LogP contribution in [0.3, 0.4) is 0 Å². The Morgan fingerprint density at radius 1 is 1.39 bits per heavy atom. The van der Waals surface area contributed by atoms with E-state index in [9.17, 15) is 13.6 Å². The highest BCUT2D eigenvalue weighted by Crippen LogP contribution is 2.18. The second-order valence-corrected chi connectivity index (χ2v) is 3.93. The molecule has 100 valence electrons. The Bertz CT molecular complexity index is 438. The van der Waals surface area contributed by atoms with E-state index >= 15 is 0 Å². The van der Waals surface area contributed by atoms with Crippen molar-refractivity contribution >= 4 is 11.6 Å². The van der Waals surface area contributed by atoms with Crippen molar-refractivity contribution in [3.8, 4) is 0 Å². The van der Waals surface area contributed by atoms with Crippen LogP contribution in [0, 0.1) is 11.6 Å². The lowest BCUT2D eigenvalue weighted by atomic mass is 10.1. The Balaban J connectivity index is 2.80. The monoisotopic (exact) mass is 258 g/mol. The minimum atomic E-state index is -0.912. The average molecular weight is 258 g/mol. The summed E-state index contributed by atoms with van der Waals surface area (Å²) in [7, 11) is 3.10. The van der Waals surface area contributed by atoms with Crippen LogP contribution in [-0.4, -0.2) is 38.1 Å². The summed E-state index contributed by atoms with van der Waals surface area (Å²) in [5, 5.41) is 0. The van der Waals surface area contributed by atoms with Gasteiger partial charge in [-0.2, -0.15) is 0 Å². The van der Waals surface area contributed by atoms with Gasteiger partial charge in [0.1, 0.15) is 11.6 Å². The van der Waals surface area contributed by atoms with Crippen LogP contribution in [0.25, 0.3) is 0 Å². The number of rotatable bonds is 5. The number of methoxy groups -OCH3 is 1. The van der Waals surface area contributed by atoms with E-state index in [1.165, 1.54) is 11.9 Å². The number of carbonyl (C=O) groups excluding carboxylic acids is 1. The molecular formula is C12H16F2N2O2. The summed E-state index contributed by atoms with van der Waals surface area (Å²) in [4.78, 5) is 13.2. The molecule has 0 saturated heterocycles. The summed E-state index contributed by atoms with van der Waals surface area (Å²) in [5.74, 6) is -2.31. The van der Waals surface area contributed by atoms with E-state index < -0.39 is 17.5 Å². The Morgan fingerprint density at radius 2 is 2.06 bits per heavy atom. The molecule has 0 aliphatic carbocycles. The van der Waals surface area contributed by atoms with E-state index in [0.29, 0.717) is 25.6 Å². The molecule has 0 bridgehead atoms. The first kappa shape index (κ1) is 14.4. The fourth-order valence-corrected chi connectivity index (χ4v) is 1.48. The van der Waals surface area contributed by atoms with Crippen molar-refractivity contribution in [3.63, 3.8) is 0 Å². The average Bonchev–Trinajstić information content (AvgIpc) is 2.33. The predicted octanol–water partition coefficient (Wildman–Crippen LogP) is 1.66. The maximum absolute atomic E-state index is 13.5. The Labute approximate surface area is 104 Å². The zero-order chi connectivity index (χ0) is 13.7. The lowest BCUT2D eigenvalue weighted by Crippen LogP contribution is -2.29. The number of hydrogen-bond acceptors (Lipinski definition) is 3. The Hall–Kier alpha value is -1.69. The van der Waals surface area contributed by atoms with Crippen LogP contribution in [0.15, 0.2) is 12.1 Å². The number of nitrogens with two attached hydrogens (primary N) is 1. The first-order valence-corrected chi connectivity index (χ1v) is 5.46. The number of hydrogen-bond donors (Lipinski definition) is 1. The van der Waals surface area contributed by atoms with E-state index in [-0.39, 0.29) is 11.3 Å². The molecule has 0 unspecified atom stereocenters. The molecule has 1 rings (SSSR count). The highest BCUT2D eigenvalue weighted by Gasteiger charge is 2.18. The summed E-state index contributed by atoms with van der Waals surface area (Å²) < 4.78 is 31.3. The van der Waals surface area contributed by atoms with Crippen molar-refractivity contribution in [2.24, 2.45) is 0 Å². The zero-order valence-electron chi connectivity index (χ0n) is 10.4. The van der Waals surface area contributed by atoms with Gasteiger partial charge in [-0.05, 0) is 12.5 Å². The lowest BCUT2D eigenvalue weighted by molar-refractivity contribution is 0.0774. The van der Waals surface area contributed by atoms with Crippen LogP contribution < -0.4 is 5.73 Å². The SMILES string of the molecule is COCCCN(C)C(=O)c1cc(N)c(F)cc1F. The molecule has 1 aromatic rings. The van der Waals surface area contributed by atoms with E-state index in [0.717, 1.165) is 6.07 Å². The molecule has 0 saturated carbocycles. The van der Waals surface area contributed by atoms with Crippen LogP contribution in [0.1, 0.15) is 16.8 Å². The molecule has 0 aromatic heterocycles. The fraction of sp³-hybridized carbons (Fsp3) is 0.417. The molecular weight excluding hydrogens is 242 g/mol. The number of carbonyl (C=O) groups is 1. The van der Waals surface area contributed by atoms with Gasteiger partial charge in [-0.15, -0.1) is 0 Å². The van der Waals surface area contributed by atoms with E-state index in [1.807, 2.05) is 0 Å². The van der Waals surface area contributed by atoms with Crippen LogP contribution in [0.5, 0.6) is 0 Å². The largest absolute Gasteiger partial charge is 0.396 e. The molecule has 6 heteroatoms. The van der Waals surface area contributed by atoms with Gasteiger partial charge in [0.2, 0.25) is 0 Å². The van der Waals surface area contributed by atoms with Gasteiger partial charge in [-0.1, -0.05) is 0 Å². The van der Waals surface area contributed by atoms with E-state index in [1.54, 1.807) is 7.11 Å². The van der Waals surface area contributed by atoms with E-state index in [4.69, 9.17) is 10.5 Å². The van der Waals surface area contributed by atoms with E-state index in [2.05, 4.69) is 0 Å². The van der Waals surface area contributed by atoms with Gasteiger partial charge < -0.3 is 15.4 Å². The second kappa shape index (κ2) is 6.30. The van der Waals surface area contributed by atoms with Crippen molar-refractivity contribution < 1.29 is 18.3 Å². The van der Waals surface area contributed by atoms with Crippen molar-refractivity contribution in [2.45, 2.75) is 6.42 Å². The summed E-state index contributed by atoms with van der Waals surface area (Å²) in [5.41, 5.74) is 4.84. The third-order valence-corrected chi connectivity index (χ3v) is 2.51. The highest BCUT2D eigenvalue weighted by molar-refractivity contribution is 5.95. The predicted molar refractivity (Wildman–Crippen MR) is 64.2 cm³/mol. The number of nitrogens with zero attached hydrogens (tertiary/aromatic N) is 1. The molecule has 1 aromatic carbocycles. The molecule has 2 N–H and O–H groups in total. The maximum atomic E-state index is 13.5. The van der Waals surface area contributed by atoms with Crippen LogP contribution in [-0.2, 0) is 4.74 Å². The minimum absolute atomic E-state index is 0.228. The van der Waals surface area contributed by atoms with Gasteiger partial charge in [0.05, 0.1) is 11.3 Å². The molecule has 0 aliphatic heterocycles. The standard InChI is InChI=1S/C12H16F2N2O2/c1-16(4-3-5-18-2)12(17)8-6-11(15)10(14)7-9(8)13/h6-7H,3-5,15H2,1-2H3. The number of halogens is 2. The Kier molecular flexibility index (Phi) is 5.03. The number of benzene rings is 1. The fourth-order valence-electron chi connectivity index (χ4n) is 1.48. The minimum Gasteiger partial charge on any atom is -0.396 e. The number of anilines is 1. The molecule has 0 radical (unpaired) electrons. The Morgan fingerprint density at radius 3 is 2.67 bits per heavy atom. The van der Waals surface area contributed by atoms with Crippen LogP contribution >= 0.6 is 0 Å². The molecule has 0 atom stereocenters. The molecule has 0 aliphatic rings. The van der Waals surface area contributed by atoms with Crippen molar-refractivity contribution in [3.05, 3.63) is 29.3 Å². The molecule has 1 amide bonds. The zero-order valence-corrected chi connectivity index (χ0v) is 10.4. The van der Waals surface area contributed by atoms with Gasteiger partial charge in [-0.25, -0.2) is 8.78 Å². The topological polar surface area (TPSA) is 55.6 Å². The third kappa shape index (κ3) is 3.40. The molecule has 0 fully saturated rings. The summed E-state index contributed by atoms with van der Waals surface area (Å²) in [6.45, 7) is 0.926. The second-order valence-electron chi connectivity index (χ2n) is 3.93. The van der Waals surface area contributed by atoms with Crippen LogP contribution in [0.4, 0.5) is 14.5 Å². The summed E-state index contributed by atoms with van der Waals surface area (Å²) in [6.07, 6.45) is 0.636. The quantitative estimate of drug-likeness (QED) is 0.645. The van der Waals surface area contributed by atoms with Gasteiger partial charge in [-0.3, -0.25) is 4.79 Å². The van der Waals surface area contributed by atoms with Crippen molar-refractivity contribution in [1.29, 1.82) is 0 Å². The van der Waals surface area contributed by atoms with Crippen molar-refractivity contribution in [2.75, 3.05) is 33.0 Å². The maximum Gasteiger partial charge on any atom is 0.256 e. The molecule has 18 heavy (non-hydrogen) atoms. The van der Waals surface area contributed by atoms with Crippen LogP contribution in [0.2, 0.25) is 0 Å². The summed E-state index contributed by atoms with van der Waals surface area (Å²) in [6, 6.07) is 1.63. The smallest absolute Gasteiger partial charge is 0.256 e. The van der Waals surface area contributed by atoms with Gasteiger partial charge >= 0.3 is 0 Å². The third-order valence-electron chi connectivity index (χ3n) is 2.51. The normalized spacial score (nSPS) is 10.4. The highest BCUT2D eigenvalue weighted by atomic mass is 19.1. The lowest BCUT2D eigenvalue weighted by Gasteiger charge is -2.17. The van der Waals surface area contributed by atoms with Gasteiger partial charge in [0.15, 0.2) is 0 Å². The molecule has 0 spiro atoms. The first-order chi connectivity index (χ1) is 8.47.